The van der Waals surface area contributed by atoms with Crippen LogP contribution in [0.4, 0.5) is 11.4 Å². The van der Waals surface area contributed by atoms with Crippen LogP contribution in [0.15, 0.2) is 12.1 Å². The Morgan fingerprint density at radius 1 is 1.61 bits per heavy atom. The fraction of sp³-hybridized carbons (Fsp3) is 0.333. The number of primary amides is 1. The Morgan fingerprint density at radius 3 is 2.72 bits per heavy atom. The zero-order valence-corrected chi connectivity index (χ0v) is 11.0. The summed E-state index contributed by atoms with van der Waals surface area (Å²) in [5.41, 5.74) is 12.1. The molecule has 1 unspecified atom stereocenters. The normalized spacial score (nSPS) is 11.7. The first kappa shape index (κ1) is 14.1. The summed E-state index contributed by atoms with van der Waals surface area (Å²) in [4.78, 5) is 13.2. The van der Waals surface area contributed by atoms with Crippen molar-refractivity contribution in [2.75, 3.05) is 17.7 Å². The third-order valence-electron chi connectivity index (χ3n) is 2.75. The van der Waals surface area contributed by atoms with E-state index >= 15 is 0 Å². The van der Waals surface area contributed by atoms with E-state index in [9.17, 15) is 4.79 Å². The Labute approximate surface area is 111 Å². The predicted molar refractivity (Wildman–Crippen MR) is 72.5 cm³/mol. The summed E-state index contributed by atoms with van der Waals surface area (Å²) in [5.74, 6) is -0.602. The van der Waals surface area contributed by atoms with E-state index in [0.29, 0.717) is 22.8 Å². The van der Waals surface area contributed by atoms with Crippen LogP contribution in [-0.2, 0) is 0 Å². The summed E-state index contributed by atoms with van der Waals surface area (Å²) in [7, 11) is 1.76. The van der Waals surface area contributed by atoms with Gasteiger partial charge in [0.2, 0.25) is 0 Å². The van der Waals surface area contributed by atoms with Gasteiger partial charge in [0.15, 0.2) is 0 Å². The number of rotatable bonds is 4. The third-order valence-corrected chi connectivity index (χ3v) is 3.04. The zero-order chi connectivity index (χ0) is 13.9. The van der Waals surface area contributed by atoms with Gasteiger partial charge in [-0.3, -0.25) is 4.79 Å². The molecule has 4 N–H and O–H groups in total. The van der Waals surface area contributed by atoms with Gasteiger partial charge in [-0.05, 0) is 19.1 Å². The zero-order valence-electron chi connectivity index (χ0n) is 10.3. The predicted octanol–water partition coefficient (Wildman–Crippen LogP) is 1.76. The molecule has 0 saturated carbocycles. The van der Waals surface area contributed by atoms with Crippen molar-refractivity contribution in [3.8, 4) is 6.07 Å². The quantitative estimate of drug-likeness (QED) is 0.812. The van der Waals surface area contributed by atoms with Gasteiger partial charge in [0.05, 0.1) is 28.8 Å². The first-order valence-corrected chi connectivity index (χ1v) is 5.74. The topological polar surface area (TPSA) is 96.1 Å². The van der Waals surface area contributed by atoms with E-state index in [1.807, 2.05) is 6.92 Å². The molecule has 1 amide bonds. The van der Waals surface area contributed by atoms with Crippen molar-refractivity contribution in [1.29, 1.82) is 5.26 Å². The smallest absolute Gasteiger partial charge is 0.250 e. The molecule has 0 heterocycles. The van der Waals surface area contributed by atoms with Crippen molar-refractivity contribution in [2.45, 2.75) is 19.4 Å². The highest BCUT2D eigenvalue weighted by Crippen LogP contribution is 2.33. The molecule has 0 bridgehead atoms. The summed E-state index contributed by atoms with van der Waals surface area (Å²) in [6.07, 6.45) is 0.315. The highest BCUT2D eigenvalue weighted by atomic mass is 35.5. The molecule has 1 atom stereocenters. The maximum atomic E-state index is 11.4. The molecule has 6 heteroatoms. The van der Waals surface area contributed by atoms with Crippen LogP contribution in [0.25, 0.3) is 0 Å². The number of carbonyl (C=O) groups excluding carboxylic acids is 1. The van der Waals surface area contributed by atoms with E-state index < -0.39 is 5.91 Å². The number of hydrogen-bond donors (Lipinski definition) is 2. The Morgan fingerprint density at radius 2 is 2.22 bits per heavy atom. The molecule has 1 aromatic rings. The van der Waals surface area contributed by atoms with Crippen molar-refractivity contribution in [1.82, 2.24) is 0 Å². The van der Waals surface area contributed by atoms with E-state index in [2.05, 4.69) is 6.07 Å². The second kappa shape index (κ2) is 5.61. The monoisotopic (exact) mass is 266 g/mol. The van der Waals surface area contributed by atoms with Gasteiger partial charge < -0.3 is 16.4 Å². The second-order valence-electron chi connectivity index (χ2n) is 4.09. The number of benzene rings is 1. The molecule has 0 spiro atoms. The first-order valence-electron chi connectivity index (χ1n) is 5.37. The fourth-order valence-electron chi connectivity index (χ4n) is 1.66. The molecule has 0 aliphatic heterocycles. The summed E-state index contributed by atoms with van der Waals surface area (Å²) < 4.78 is 0. The van der Waals surface area contributed by atoms with Gasteiger partial charge in [0, 0.05) is 18.8 Å². The van der Waals surface area contributed by atoms with Crippen molar-refractivity contribution in [3.05, 3.63) is 22.7 Å². The highest BCUT2D eigenvalue weighted by Gasteiger charge is 2.20. The van der Waals surface area contributed by atoms with Crippen LogP contribution in [-0.4, -0.2) is 19.0 Å². The molecule has 0 aliphatic rings. The molecule has 1 rings (SSSR count). The van der Waals surface area contributed by atoms with Crippen LogP contribution in [0.3, 0.4) is 0 Å². The molecule has 0 aromatic heterocycles. The minimum absolute atomic E-state index is 0.0887. The molecule has 18 heavy (non-hydrogen) atoms. The largest absolute Gasteiger partial charge is 0.399 e. The van der Waals surface area contributed by atoms with Crippen LogP contribution in [0.1, 0.15) is 23.7 Å². The van der Waals surface area contributed by atoms with Gasteiger partial charge >= 0.3 is 0 Å². The number of halogens is 1. The summed E-state index contributed by atoms with van der Waals surface area (Å²) in [6.45, 7) is 1.86. The molecular weight excluding hydrogens is 252 g/mol. The first-order chi connectivity index (χ1) is 8.38. The molecule has 0 radical (unpaired) electrons. The average Bonchev–Trinajstić information content (AvgIpc) is 2.27. The van der Waals surface area contributed by atoms with Crippen molar-refractivity contribution < 1.29 is 4.79 Å². The lowest BCUT2D eigenvalue weighted by Gasteiger charge is -2.28. The molecule has 0 saturated heterocycles. The maximum absolute atomic E-state index is 11.4. The summed E-state index contributed by atoms with van der Waals surface area (Å²) in [6, 6.07) is 5.02. The van der Waals surface area contributed by atoms with Gasteiger partial charge in [0.1, 0.15) is 0 Å². The highest BCUT2D eigenvalue weighted by molar-refractivity contribution is 6.34. The lowest BCUT2D eigenvalue weighted by Crippen LogP contribution is -2.31. The molecule has 0 aliphatic carbocycles. The van der Waals surface area contributed by atoms with E-state index in [1.54, 1.807) is 18.0 Å². The van der Waals surface area contributed by atoms with Crippen LogP contribution < -0.4 is 16.4 Å². The maximum Gasteiger partial charge on any atom is 0.250 e. The van der Waals surface area contributed by atoms with Gasteiger partial charge in [-0.1, -0.05) is 11.6 Å². The molecular formula is C12H15ClN4O. The fourth-order valence-corrected chi connectivity index (χ4v) is 2.02. The van der Waals surface area contributed by atoms with E-state index in [4.69, 9.17) is 28.3 Å². The van der Waals surface area contributed by atoms with Gasteiger partial charge in [-0.15, -0.1) is 0 Å². The van der Waals surface area contributed by atoms with E-state index in [1.165, 1.54) is 6.07 Å². The lowest BCUT2D eigenvalue weighted by atomic mass is 10.1. The minimum Gasteiger partial charge on any atom is -0.399 e. The van der Waals surface area contributed by atoms with Gasteiger partial charge in [-0.2, -0.15) is 5.26 Å². The Bertz CT molecular complexity index is 510. The number of nitriles is 1. The number of nitrogens with zero attached hydrogens (tertiary/aromatic N) is 2. The standard InChI is InChI=1S/C12H15ClN4O/c1-7(3-4-14)17(2)11-9(12(16)18)5-8(15)6-10(11)13/h5-7H,3,15H2,1-2H3,(H2,16,18). The average molecular weight is 267 g/mol. The number of anilines is 2. The number of amides is 1. The van der Waals surface area contributed by atoms with Crippen molar-refractivity contribution in [2.24, 2.45) is 5.73 Å². The minimum atomic E-state index is -0.602. The molecule has 96 valence electrons. The number of hydrogen-bond acceptors (Lipinski definition) is 4. The third kappa shape index (κ3) is 2.84. The van der Waals surface area contributed by atoms with Crippen LogP contribution >= 0.6 is 11.6 Å². The lowest BCUT2D eigenvalue weighted by molar-refractivity contribution is 0.100. The van der Waals surface area contributed by atoms with Crippen molar-refractivity contribution in [3.63, 3.8) is 0 Å². The van der Waals surface area contributed by atoms with Crippen molar-refractivity contribution >= 4 is 28.9 Å². The summed E-state index contributed by atoms with van der Waals surface area (Å²) in [5, 5.41) is 9.05. The second-order valence-corrected chi connectivity index (χ2v) is 4.49. The Balaban J connectivity index is 3.30. The molecule has 5 nitrogen and oxygen atoms in total. The Hall–Kier alpha value is -1.93. The summed E-state index contributed by atoms with van der Waals surface area (Å²) >= 11 is 6.11. The van der Waals surface area contributed by atoms with Crippen LogP contribution in [0.5, 0.6) is 0 Å². The van der Waals surface area contributed by atoms with Crippen LogP contribution in [0, 0.1) is 11.3 Å². The van der Waals surface area contributed by atoms with Gasteiger partial charge in [-0.25, -0.2) is 0 Å². The molecule has 0 fully saturated rings. The number of nitrogens with two attached hydrogens (primary N) is 2. The van der Waals surface area contributed by atoms with Gasteiger partial charge in [0.25, 0.3) is 5.91 Å². The number of nitrogen functional groups attached to an aromatic ring is 1. The SMILES string of the molecule is CC(CC#N)N(C)c1c(Cl)cc(N)cc1C(N)=O. The molecule has 1 aromatic carbocycles. The Kier molecular flexibility index (Phi) is 4.40. The van der Waals surface area contributed by atoms with E-state index in [-0.39, 0.29) is 11.6 Å². The van der Waals surface area contributed by atoms with E-state index in [0.717, 1.165) is 0 Å². The van der Waals surface area contributed by atoms with Crippen LogP contribution in [0.2, 0.25) is 5.02 Å². The number of carbonyl (C=O) groups is 1.